The van der Waals surface area contributed by atoms with Gasteiger partial charge < -0.3 is 10.2 Å². The fraction of sp³-hybridized carbons (Fsp3) is 0.846. The topological polar surface area (TPSA) is 41.1 Å². The number of piperidine rings is 1. The summed E-state index contributed by atoms with van der Waals surface area (Å²) in [6.07, 6.45) is 2.51. The van der Waals surface area contributed by atoms with Crippen molar-refractivity contribution < 1.29 is 0 Å². The zero-order chi connectivity index (χ0) is 13.2. The van der Waals surface area contributed by atoms with Gasteiger partial charge in [0, 0.05) is 24.0 Å². The Bertz CT molecular complexity index is 380. The Labute approximate surface area is 114 Å². The number of nitrogens with zero attached hydrogens (tertiary/aromatic N) is 3. The molecule has 102 valence electrons. The maximum atomic E-state index is 4.53. The highest BCUT2D eigenvalue weighted by atomic mass is 32.1. The molecule has 0 saturated carbocycles. The zero-order valence-electron chi connectivity index (χ0n) is 11.9. The van der Waals surface area contributed by atoms with Crippen molar-refractivity contribution >= 4 is 16.7 Å². The first-order valence-corrected chi connectivity index (χ1v) is 7.52. The van der Waals surface area contributed by atoms with Crippen LogP contribution in [-0.4, -0.2) is 40.9 Å². The van der Waals surface area contributed by atoms with E-state index in [4.69, 9.17) is 0 Å². The molecule has 4 nitrogen and oxygen atoms in total. The van der Waals surface area contributed by atoms with Crippen LogP contribution in [-0.2, 0) is 0 Å². The minimum absolute atomic E-state index is 0.399. The van der Waals surface area contributed by atoms with E-state index in [1.807, 2.05) is 0 Å². The molecule has 2 rings (SSSR count). The van der Waals surface area contributed by atoms with Gasteiger partial charge in [0.1, 0.15) is 5.82 Å². The highest BCUT2D eigenvalue weighted by Gasteiger charge is 2.28. The molecular formula is C13H24N4S. The maximum Gasteiger partial charge on any atom is 0.202 e. The van der Waals surface area contributed by atoms with Crippen molar-refractivity contribution in [3.05, 3.63) is 5.82 Å². The van der Waals surface area contributed by atoms with E-state index in [1.54, 1.807) is 0 Å². The van der Waals surface area contributed by atoms with Crippen molar-refractivity contribution in [1.29, 1.82) is 0 Å². The van der Waals surface area contributed by atoms with Crippen LogP contribution in [0.3, 0.4) is 0 Å². The number of anilines is 1. The lowest BCUT2D eigenvalue weighted by Crippen LogP contribution is -2.40. The lowest BCUT2D eigenvalue weighted by Gasteiger charge is -2.37. The molecule has 1 fully saturated rings. The van der Waals surface area contributed by atoms with Crippen LogP contribution < -0.4 is 5.32 Å². The smallest absolute Gasteiger partial charge is 0.202 e. The van der Waals surface area contributed by atoms with Crippen LogP contribution in [0.15, 0.2) is 0 Å². The first-order chi connectivity index (χ1) is 8.48. The maximum absolute atomic E-state index is 4.53. The third-order valence-electron chi connectivity index (χ3n) is 3.82. The fourth-order valence-corrected chi connectivity index (χ4v) is 2.87. The Morgan fingerprint density at radius 2 is 2.06 bits per heavy atom. The lowest BCUT2D eigenvalue weighted by molar-refractivity contribution is 0.150. The van der Waals surface area contributed by atoms with Gasteiger partial charge >= 0.3 is 0 Å². The summed E-state index contributed by atoms with van der Waals surface area (Å²) < 4.78 is 4.37. The Hall–Kier alpha value is -0.680. The third kappa shape index (κ3) is 3.42. The van der Waals surface area contributed by atoms with Crippen molar-refractivity contribution in [1.82, 2.24) is 14.3 Å². The summed E-state index contributed by atoms with van der Waals surface area (Å²) in [5, 5.41) is 4.44. The highest BCUT2D eigenvalue weighted by molar-refractivity contribution is 7.09. The van der Waals surface area contributed by atoms with Crippen LogP contribution in [0.2, 0.25) is 0 Å². The van der Waals surface area contributed by atoms with Crippen LogP contribution in [0, 0.1) is 5.41 Å². The van der Waals surface area contributed by atoms with Crippen molar-refractivity contribution in [3.8, 4) is 0 Å². The van der Waals surface area contributed by atoms with Crippen LogP contribution >= 0.6 is 11.5 Å². The molecule has 0 bridgehead atoms. The highest BCUT2D eigenvalue weighted by Crippen LogP contribution is 2.31. The monoisotopic (exact) mass is 268 g/mol. The summed E-state index contributed by atoms with van der Waals surface area (Å²) in [5.41, 5.74) is 0.399. The van der Waals surface area contributed by atoms with Crippen LogP contribution in [0.5, 0.6) is 0 Å². The second-order valence-corrected chi connectivity index (χ2v) is 6.83. The average molecular weight is 268 g/mol. The van der Waals surface area contributed by atoms with Gasteiger partial charge in [0.25, 0.3) is 0 Å². The molecule has 0 spiro atoms. The van der Waals surface area contributed by atoms with Gasteiger partial charge in [0.15, 0.2) is 0 Å². The average Bonchev–Trinajstić information content (AvgIpc) is 2.80. The summed E-state index contributed by atoms with van der Waals surface area (Å²) in [4.78, 5) is 6.93. The van der Waals surface area contributed by atoms with Crippen molar-refractivity contribution in [2.45, 2.75) is 39.5 Å². The lowest BCUT2D eigenvalue weighted by atomic mass is 9.80. The molecule has 0 atom stereocenters. The van der Waals surface area contributed by atoms with Gasteiger partial charge in [-0.15, -0.1) is 0 Å². The SMILES string of the molecule is CC(C)c1nsc(NCC2(C)CCN(C)CC2)n1. The molecule has 0 unspecified atom stereocenters. The first-order valence-electron chi connectivity index (χ1n) is 6.74. The van der Waals surface area contributed by atoms with Gasteiger partial charge in [-0.25, -0.2) is 4.98 Å². The first kappa shape index (κ1) is 13.7. The zero-order valence-corrected chi connectivity index (χ0v) is 12.7. The van der Waals surface area contributed by atoms with E-state index in [1.165, 1.54) is 37.5 Å². The number of likely N-dealkylation sites (tertiary alicyclic amines) is 1. The minimum atomic E-state index is 0.399. The van der Waals surface area contributed by atoms with E-state index in [0.29, 0.717) is 11.3 Å². The van der Waals surface area contributed by atoms with Gasteiger partial charge in [0.2, 0.25) is 5.13 Å². The molecule has 18 heavy (non-hydrogen) atoms. The second kappa shape index (κ2) is 5.53. The molecule has 1 aromatic rings. The number of hydrogen-bond acceptors (Lipinski definition) is 5. The summed E-state index contributed by atoms with van der Waals surface area (Å²) >= 11 is 1.48. The Morgan fingerprint density at radius 3 is 2.61 bits per heavy atom. The molecule has 0 aliphatic carbocycles. The van der Waals surface area contributed by atoms with E-state index >= 15 is 0 Å². The van der Waals surface area contributed by atoms with Crippen LogP contribution in [0.4, 0.5) is 5.13 Å². The molecule has 0 aromatic carbocycles. The molecule has 5 heteroatoms. The molecule has 0 radical (unpaired) electrons. The molecule has 1 saturated heterocycles. The van der Waals surface area contributed by atoms with Crippen LogP contribution in [0.1, 0.15) is 45.4 Å². The molecular weight excluding hydrogens is 244 g/mol. The van der Waals surface area contributed by atoms with Crippen molar-refractivity contribution in [3.63, 3.8) is 0 Å². The molecule has 0 amide bonds. The van der Waals surface area contributed by atoms with Gasteiger partial charge in [-0.05, 0) is 38.4 Å². The van der Waals surface area contributed by atoms with E-state index in [0.717, 1.165) is 17.5 Å². The fourth-order valence-electron chi connectivity index (χ4n) is 2.17. The van der Waals surface area contributed by atoms with Gasteiger partial charge in [-0.3, -0.25) is 0 Å². The van der Waals surface area contributed by atoms with E-state index in [9.17, 15) is 0 Å². The molecule has 1 N–H and O–H groups in total. The van der Waals surface area contributed by atoms with Crippen LogP contribution in [0.25, 0.3) is 0 Å². The van der Waals surface area contributed by atoms with E-state index < -0.39 is 0 Å². The normalized spacial score (nSPS) is 20.3. The second-order valence-electron chi connectivity index (χ2n) is 6.08. The number of rotatable bonds is 4. The van der Waals surface area contributed by atoms with Crippen molar-refractivity contribution in [2.75, 3.05) is 32.0 Å². The Kier molecular flexibility index (Phi) is 4.22. The summed E-state index contributed by atoms with van der Waals surface area (Å²) in [6.45, 7) is 10.0. The van der Waals surface area contributed by atoms with Gasteiger partial charge in [0.05, 0.1) is 0 Å². The number of hydrogen-bond donors (Lipinski definition) is 1. The van der Waals surface area contributed by atoms with E-state index in [2.05, 4.69) is 47.4 Å². The summed E-state index contributed by atoms with van der Waals surface area (Å²) in [5.74, 6) is 1.37. The Morgan fingerprint density at radius 1 is 1.39 bits per heavy atom. The largest absolute Gasteiger partial charge is 0.360 e. The molecule has 1 aliphatic rings. The third-order valence-corrected chi connectivity index (χ3v) is 4.51. The molecule has 1 aromatic heterocycles. The number of nitrogens with one attached hydrogen (secondary N) is 1. The summed E-state index contributed by atoms with van der Waals surface area (Å²) in [7, 11) is 2.20. The van der Waals surface area contributed by atoms with Gasteiger partial charge in [-0.2, -0.15) is 4.37 Å². The minimum Gasteiger partial charge on any atom is -0.360 e. The predicted octanol–water partition coefficient (Wildman–Crippen LogP) is 2.81. The van der Waals surface area contributed by atoms with Gasteiger partial charge in [-0.1, -0.05) is 20.8 Å². The quantitative estimate of drug-likeness (QED) is 0.911. The number of aromatic nitrogens is 2. The van der Waals surface area contributed by atoms with Crippen molar-refractivity contribution in [2.24, 2.45) is 5.41 Å². The molecule has 1 aliphatic heterocycles. The summed E-state index contributed by atoms with van der Waals surface area (Å²) in [6, 6.07) is 0. The standard InChI is InChI=1S/C13H24N4S/c1-10(2)11-15-12(18-16-11)14-9-13(3)5-7-17(4)8-6-13/h10H,5-9H2,1-4H3,(H,14,15,16). The van der Waals surface area contributed by atoms with E-state index in [-0.39, 0.29) is 0 Å². The predicted molar refractivity (Wildman–Crippen MR) is 77.3 cm³/mol. The Balaban J connectivity index is 1.86. The molecule has 2 heterocycles.